The number of carbonyl (C=O) groups is 2. The monoisotopic (exact) mass is 292 g/mol. The van der Waals surface area contributed by atoms with Gasteiger partial charge in [0.1, 0.15) is 11.1 Å². The first-order valence-electron chi connectivity index (χ1n) is 5.55. The van der Waals surface area contributed by atoms with Crippen LogP contribution in [0.4, 0.5) is 0 Å². The molecule has 0 spiro atoms. The Labute approximate surface area is 116 Å². The molecule has 0 aliphatic rings. The molecule has 0 atom stereocenters. The van der Waals surface area contributed by atoms with Crippen LogP contribution in [0.15, 0.2) is 11.1 Å². The van der Waals surface area contributed by atoms with Gasteiger partial charge >= 0.3 is 11.9 Å². The summed E-state index contributed by atoms with van der Waals surface area (Å²) < 4.78 is 20.0. The Morgan fingerprint density at radius 2 is 0.900 bits per heavy atom. The van der Waals surface area contributed by atoms with Gasteiger partial charge in [0.05, 0.1) is 0 Å². The van der Waals surface area contributed by atoms with Crippen molar-refractivity contribution in [2.45, 2.75) is 25.4 Å². The zero-order chi connectivity index (χ0) is 16.1. The Morgan fingerprint density at radius 1 is 0.700 bits per heavy atom. The van der Waals surface area contributed by atoms with Gasteiger partial charge < -0.3 is 29.2 Å². The molecule has 0 aromatic rings. The van der Waals surface area contributed by atoms with Gasteiger partial charge in [0.15, 0.2) is 11.6 Å². The molecule has 0 radical (unpaired) electrons. The standard InChI is InChI=1S/C12H20O8/c1-11(17-3,18-4)7(9(13)14)8(10(15)16)12(2,19-5)20-6/h1-6H3,(H,13,14)(H,15,16)/b8-7-. The predicted octanol–water partition coefficient (Wildman–Crippen LogP) is 0.470. The van der Waals surface area contributed by atoms with Crippen molar-refractivity contribution in [1.29, 1.82) is 0 Å². The van der Waals surface area contributed by atoms with E-state index in [-0.39, 0.29) is 0 Å². The highest BCUT2D eigenvalue weighted by molar-refractivity contribution is 6.01. The van der Waals surface area contributed by atoms with E-state index in [1.165, 1.54) is 42.3 Å². The molecule has 8 nitrogen and oxygen atoms in total. The second-order valence-corrected chi connectivity index (χ2v) is 4.07. The molecule has 116 valence electrons. The molecule has 0 saturated heterocycles. The van der Waals surface area contributed by atoms with Gasteiger partial charge in [-0.15, -0.1) is 0 Å². The number of aliphatic carboxylic acids is 2. The van der Waals surface area contributed by atoms with Crippen molar-refractivity contribution in [3.8, 4) is 0 Å². The third-order valence-corrected chi connectivity index (χ3v) is 3.14. The minimum absolute atomic E-state index is 0.624. The van der Waals surface area contributed by atoms with Crippen LogP contribution in [0, 0.1) is 0 Å². The lowest BCUT2D eigenvalue weighted by molar-refractivity contribution is -0.192. The molecule has 20 heavy (non-hydrogen) atoms. The third kappa shape index (κ3) is 3.34. The van der Waals surface area contributed by atoms with Crippen LogP contribution in [0.2, 0.25) is 0 Å². The fourth-order valence-electron chi connectivity index (χ4n) is 1.63. The fourth-order valence-corrected chi connectivity index (χ4v) is 1.63. The van der Waals surface area contributed by atoms with Crippen LogP contribution in [0.1, 0.15) is 13.8 Å². The van der Waals surface area contributed by atoms with Crippen molar-refractivity contribution in [2.75, 3.05) is 28.4 Å². The molecule has 0 unspecified atom stereocenters. The molecular formula is C12H20O8. The van der Waals surface area contributed by atoms with Crippen molar-refractivity contribution in [1.82, 2.24) is 0 Å². The number of carboxylic acid groups (broad SMARTS) is 2. The lowest BCUT2D eigenvalue weighted by Gasteiger charge is -2.33. The summed E-state index contributed by atoms with van der Waals surface area (Å²) >= 11 is 0. The third-order valence-electron chi connectivity index (χ3n) is 3.14. The average Bonchev–Trinajstić information content (AvgIpc) is 2.42. The molecule has 0 fully saturated rings. The zero-order valence-corrected chi connectivity index (χ0v) is 12.3. The highest BCUT2D eigenvalue weighted by Crippen LogP contribution is 2.32. The smallest absolute Gasteiger partial charge is 0.337 e. The molecule has 0 rings (SSSR count). The molecule has 0 aromatic carbocycles. The Bertz CT molecular complexity index is 366. The van der Waals surface area contributed by atoms with Gasteiger partial charge in [0.2, 0.25) is 0 Å². The van der Waals surface area contributed by atoms with E-state index < -0.39 is 34.7 Å². The predicted molar refractivity (Wildman–Crippen MR) is 67.1 cm³/mol. The minimum Gasteiger partial charge on any atom is -0.478 e. The molecule has 8 heteroatoms. The molecule has 0 saturated carbocycles. The topological polar surface area (TPSA) is 112 Å². The summed E-state index contributed by atoms with van der Waals surface area (Å²) in [7, 11) is 4.79. The van der Waals surface area contributed by atoms with Gasteiger partial charge in [-0.25, -0.2) is 9.59 Å². The maximum absolute atomic E-state index is 11.5. The Kier molecular flexibility index (Phi) is 6.30. The highest BCUT2D eigenvalue weighted by atomic mass is 16.7. The van der Waals surface area contributed by atoms with Crippen LogP contribution in [0.3, 0.4) is 0 Å². The minimum atomic E-state index is -1.78. The lowest BCUT2D eigenvalue weighted by Crippen LogP contribution is -2.44. The Morgan fingerprint density at radius 3 is 1.00 bits per heavy atom. The number of carboxylic acids is 2. The average molecular weight is 292 g/mol. The van der Waals surface area contributed by atoms with Crippen molar-refractivity contribution in [3.05, 3.63) is 11.1 Å². The first-order valence-corrected chi connectivity index (χ1v) is 5.55. The number of ether oxygens (including phenoxy) is 4. The van der Waals surface area contributed by atoms with Gasteiger partial charge in [0, 0.05) is 28.4 Å². The Balaban J connectivity index is 6.52. The number of rotatable bonds is 8. The number of hydrogen-bond donors (Lipinski definition) is 2. The van der Waals surface area contributed by atoms with E-state index >= 15 is 0 Å². The van der Waals surface area contributed by atoms with Crippen molar-refractivity contribution < 1.29 is 38.7 Å². The summed E-state index contributed by atoms with van der Waals surface area (Å²) in [6, 6.07) is 0. The van der Waals surface area contributed by atoms with E-state index in [0.717, 1.165) is 0 Å². The molecule has 0 heterocycles. The number of methoxy groups -OCH3 is 4. The lowest BCUT2D eigenvalue weighted by atomic mass is 9.94. The van der Waals surface area contributed by atoms with E-state index in [9.17, 15) is 19.8 Å². The van der Waals surface area contributed by atoms with Crippen LogP contribution in [0.5, 0.6) is 0 Å². The van der Waals surface area contributed by atoms with Crippen molar-refractivity contribution in [2.24, 2.45) is 0 Å². The molecular weight excluding hydrogens is 272 g/mol. The maximum Gasteiger partial charge on any atom is 0.337 e. The summed E-state index contributed by atoms with van der Waals surface area (Å²) in [6.45, 7) is 2.57. The van der Waals surface area contributed by atoms with Gasteiger partial charge in [-0.3, -0.25) is 0 Å². The second kappa shape index (κ2) is 6.80. The van der Waals surface area contributed by atoms with Crippen LogP contribution in [-0.4, -0.2) is 62.2 Å². The fraction of sp³-hybridized carbons (Fsp3) is 0.667. The quantitative estimate of drug-likeness (QED) is 0.490. The summed E-state index contributed by atoms with van der Waals surface area (Å²) in [5.41, 5.74) is -1.25. The second-order valence-electron chi connectivity index (χ2n) is 4.07. The van der Waals surface area contributed by atoms with E-state index in [4.69, 9.17) is 18.9 Å². The largest absolute Gasteiger partial charge is 0.478 e. The van der Waals surface area contributed by atoms with Crippen LogP contribution >= 0.6 is 0 Å². The van der Waals surface area contributed by atoms with Gasteiger partial charge in [-0.2, -0.15) is 0 Å². The van der Waals surface area contributed by atoms with Gasteiger partial charge in [0.25, 0.3) is 0 Å². The van der Waals surface area contributed by atoms with Gasteiger partial charge in [-0.05, 0) is 13.8 Å². The number of hydrogen-bond acceptors (Lipinski definition) is 6. The molecule has 0 aromatic heterocycles. The molecule has 0 bridgehead atoms. The summed E-state index contributed by atoms with van der Waals surface area (Å²) in [5.74, 6) is -6.60. The zero-order valence-electron chi connectivity index (χ0n) is 12.3. The van der Waals surface area contributed by atoms with Crippen molar-refractivity contribution >= 4 is 11.9 Å². The van der Waals surface area contributed by atoms with E-state index in [2.05, 4.69) is 0 Å². The molecule has 0 amide bonds. The van der Waals surface area contributed by atoms with Gasteiger partial charge in [-0.1, -0.05) is 0 Å². The normalized spacial score (nSPS) is 13.9. The SMILES string of the molecule is COC(C)(OC)/C(C(=O)O)=C(/C(=O)O)C(C)(OC)OC. The first-order chi connectivity index (χ1) is 9.13. The van der Waals surface area contributed by atoms with E-state index in [0.29, 0.717) is 0 Å². The van der Waals surface area contributed by atoms with Crippen LogP contribution < -0.4 is 0 Å². The first kappa shape index (κ1) is 18.5. The van der Waals surface area contributed by atoms with E-state index in [1.807, 2.05) is 0 Å². The Hall–Kier alpha value is -1.48. The van der Waals surface area contributed by atoms with Crippen LogP contribution in [0.25, 0.3) is 0 Å². The highest BCUT2D eigenvalue weighted by Gasteiger charge is 2.46. The maximum atomic E-state index is 11.5. The van der Waals surface area contributed by atoms with Crippen molar-refractivity contribution in [3.63, 3.8) is 0 Å². The molecule has 0 aliphatic carbocycles. The van der Waals surface area contributed by atoms with E-state index in [1.54, 1.807) is 0 Å². The summed E-state index contributed by atoms with van der Waals surface area (Å²) in [4.78, 5) is 23.0. The molecule has 2 N–H and O–H groups in total. The summed E-state index contributed by atoms with van der Waals surface area (Å²) in [6.07, 6.45) is 0. The molecule has 0 aliphatic heterocycles. The van der Waals surface area contributed by atoms with Crippen LogP contribution in [-0.2, 0) is 28.5 Å². The summed E-state index contributed by atoms with van der Waals surface area (Å²) in [5, 5.41) is 18.7.